The smallest absolute Gasteiger partial charge is 0.287 e. The highest BCUT2D eigenvalue weighted by Gasteiger charge is 2.51. The van der Waals surface area contributed by atoms with Crippen molar-refractivity contribution in [2.45, 2.75) is 26.1 Å². The minimum Gasteiger partial charge on any atom is -0.287 e. The minimum atomic E-state index is -4.57. The second-order valence-electron chi connectivity index (χ2n) is 6.79. The number of halogens is 3. The van der Waals surface area contributed by atoms with Gasteiger partial charge in [0.15, 0.2) is 6.04 Å². The summed E-state index contributed by atoms with van der Waals surface area (Å²) in [5, 5.41) is 10.9. The zero-order valence-corrected chi connectivity index (χ0v) is 13.7. The van der Waals surface area contributed by atoms with E-state index in [-0.39, 0.29) is 12.1 Å². The fourth-order valence-corrected chi connectivity index (χ4v) is 3.11. The van der Waals surface area contributed by atoms with Gasteiger partial charge in [0.05, 0.1) is 17.0 Å². The topological polar surface area (TPSA) is 56.1 Å². The first-order valence-corrected chi connectivity index (χ1v) is 7.71. The molecule has 130 valence electrons. The Labute approximate surface area is 142 Å². The number of hydrogen-bond acceptors (Lipinski definition) is 3. The van der Waals surface area contributed by atoms with Crippen LogP contribution in [0, 0.1) is 16.7 Å². The fourth-order valence-electron chi connectivity index (χ4n) is 3.11. The summed E-state index contributed by atoms with van der Waals surface area (Å²) >= 11 is 0. The van der Waals surface area contributed by atoms with Crippen LogP contribution >= 0.6 is 0 Å². The van der Waals surface area contributed by atoms with Gasteiger partial charge in [0.1, 0.15) is 0 Å². The second-order valence-corrected chi connectivity index (χ2v) is 6.79. The summed E-state index contributed by atoms with van der Waals surface area (Å²) in [5.74, 6) is -0.436. The Hall–Kier alpha value is -2.59. The SMILES string of the molecule is CC1(C)CN(C(c2cccc3cc(C#N)ccc23)C(F)(F)F)NC1=O. The Balaban J connectivity index is 2.14. The van der Waals surface area contributed by atoms with E-state index in [2.05, 4.69) is 5.43 Å². The predicted octanol–water partition coefficient (Wildman–Crippen LogP) is 3.69. The maximum Gasteiger partial charge on any atom is 0.409 e. The molecule has 3 rings (SSSR count). The van der Waals surface area contributed by atoms with Crippen LogP contribution in [0.5, 0.6) is 0 Å². The molecule has 0 spiro atoms. The molecule has 25 heavy (non-hydrogen) atoms. The molecule has 1 aliphatic heterocycles. The monoisotopic (exact) mass is 347 g/mol. The fraction of sp³-hybridized carbons (Fsp3) is 0.333. The number of hydrazine groups is 1. The normalized spacial score (nSPS) is 18.8. The predicted molar refractivity (Wildman–Crippen MR) is 86.1 cm³/mol. The Kier molecular flexibility index (Phi) is 3.96. The summed E-state index contributed by atoms with van der Waals surface area (Å²) in [7, 11) is 0. The summed E-state index contributed by atoms with van der Waals surface area (Å²) in [5.41, 5.74) is 1.88. The molecular weight excluding hydrogens is 331 g/mol. The van der Waals surface area contributed by atoms with E-state index in [1.807, 2.05) is 6.07 Å². The molecule has 1 aliphatic rings. The first-order chi connectivity index (χ1) is 11.6. The standard InChI is InChI=1S/C18H16F3N3O/c1-17(2)10-24(23-16(17)25)15(18(19,20)21)14-5-3-4-12-8-11(9-22)6-7-13(12)14/h3-8,15H,10H2,1-2H3,(H,23,25). The van der Waals surface area contributed by atoms with Gasteiger partial charge in [-0.25, -0.2) is 5.01 Å². The highest BCUT2D eigenvalue weighted by atomic mass is 19.4. The number of hydrogen-bond donors (Lipinski definition) is 1. The van der Waals surface area contributed by atoms with Gasteiger partial charge in [-0.15, -0.1) is 0 Å². The van der Waals surface area contributed by atoms with Gasteiger partial charge in [-0.1, -0.05) is 24.3 Å². The van der Waals surface area contributed by atoms with Gasteiger partial charge in [0.25, 0.3) is 0 Å². The van der Waals surface area contributed by atoms with Gasteiger partial charge in [-0.2, -0.15) is 18.4 Å². The molecule has 1 atom stereocenters. The number of carbonyl (C=O) groups excluding carboxylic acids is 1. The lowest BCUT2D eigenvalue weighted by molar-refractivity contribution is -0.191. The Morgan fingerprint density at radius 3 is 2.56 bits per heavy atom. The van der Waals surface area contributed by atoms with Gasteiger partial charge >= 0.3 is 6.18 Å². The van der Waals surface area contributed by atoms with E-state index in [9.17, 15) is 18.0 Å². The van der Waals surface area contributed by atoms with Crippen molar-refractivity contribution in [2.24, 2.45) is 5.41 Å². The van der Waals surface area contributed by atoms with Gasteiger partial charge < -0.3 is 0 Å². The van der Waals surface area contributed by atoms with Crippen LogP contribution < -0.4 is 5.43 Å². The zero-order chi connectivity index (χ0) is 18.4. The number of nitrogens with one attached hydrogen (secondary N) is 1. The lowest BCUT2D eigenvalue weighted by Crippen LogP contribution is -2.43. The van der Waals surface area contributed by atoms with Crippen LogP contribution in [0.25, 0.3) is 10.8 Å². The molecule has 1 fully saturated rings. The molecule has 0 saturated carbocycles. The van der Waals surface area contributed by atoms with E-state index in [1.54, 1.807) is 26.0 Å². The van der Waals surface area contributed by atoms with Crippen LogP contribution in [-0.2, 0) is 4.79 Å². The Bertz CT molecular complexity index is 883. The molecule has 4 nitrogen and oxygen atoms in total. The summed E-state index contributed by atoms with van der Waals surface area (Å²) in [6.07, 6.45) is -4.57. The third-order valence-corrected chi connectivity index (χ3v) is 4.39. The quantitative estimate of drug-likeness (QED) is 0.901. The largest absolute Gasteiger partial charge is 0.409 e. The lowest BCUT2D eigenvalue weighted by Gasteiger charge is -2.30. The number of carbonyl (C=O) groups is 1. The average Bonchev–Trinajstić information content (AvgIpc) is 2.78. The number of rotatable bonds is 2. The molecule has 1 amide bonds. The van der Waals surface area contributed by atoms with Crippen molar-refractivity contribution in [2.75, 3.05) is 6.54 Å². The molecule has 1 unspecified atom stereocenters. The molecular formula is C18H16F3N3O. The molecule has 2 aromatic carbocycles. The van der Waals surface area contributed by atoms with Crippen molar-refractivity contribution in [3.8, 4) is 6.07 Å². The van der Waals surface area contributed by atoms with Gasteiger partial charge in [0, 0.05) is 6.54 Å². The van der Waals surface area contributed by atoms with Crippen LogP contribution in [0.15, 0.2) is 36.4 Å². The number of benzene rings is 2. The van der Waals surface area contributed by atoms with E-state index >= 15 is 0 Å². The summed E-state index contributed by atoms with van der Waals surface area (Å²) < 4.78 is 41.6. The van der Waals surface area contributed by atoms with Crippen LogP contribution in [0.2, 0.25) is 0 Å². The van der Waals surface area contributed by atoms with E-state index in [1.165, 1.54) is 24.3 Å². The first-order valence-electron chi connectivity index (χ1n) is 7.71. The van der Waals surface area contributed by atoms with Crippen molar-refractivity contribution in [3.05, 3.63) is 47.5 Å². The maximum atomic E-state index is 13.9. The number of amides is 1. The molecule has 0 aliphatic carbocycles. The van der Waals surface area contributed by atoms with Crippen molar-refractivity contribution < 1.29 is 18.0 Å². The zero-order valence-electron chi connectivity index (χ0n) is 13.7. The Morgan fingerprint density at radius 2 is 2.00 bits per heavy atom. The molecule has 0 bridgehead atoms. The highest BCUT2D eigenvalue weighted by Crippen LogP contribution is 2.42. The van der Waals surface area contributed by atoms with E-state index < -0.39 is 23.5 Å². The summed E-state index contributed by atoms with van der Waals surface area (Å²) in [6, 6.07) is 9.18. The third-order valence-electron chi connectivity index (χ3n) is 4.39. The molecule has 0 aromatic heterocycles. The van der Waals surface area contributed by atoms with Crippen LogP contribution in [0.4, 0.5) is 13.2 Å². The number of alkyl halides is 3. The van der Waals surface area contributed by atoms with Crippen molar-refractivity contribution >= 4 is 16.7 Å². The van der Waals surface area contributed by atoms with Crippen LogP contribution in [0.3, 0.4) is 0 Å². The van der Waals surface area contributed by atoms with Gasteiger partial charge in [-0.3, -0.25) is 10.2 Å². The summed E-state index contributed by atoms with van der Waals surface area (Å²) in [6.45, 7) is 3.17. The van der Waals surface area contributed by atoms with Crippen molar-refractivity contribution in [1.29, 1.82) is 5.26 Å². The molecule has 7 heteroatoms. The van der Waals surface area contributed by atoms with Gasteiger partial charge in [-0.05, 0) is 42.3 Å². The molecule has 1 N–H and O–H groups in total. The second kappa shape index (κ2) is 5.74. The molecule has 0 radical (unpaired) electrons. The van der Waals surface area contributed by atoms with Crippen LogP contribution in [0.1, 0.15) is 31.0 Å². The van der Waals surface area contributed by atoms with E-state index in [4.69, 9.17) is 5.26 Å². The highest BCUT2D eigenvalue weighted by molar-refractivity contribution is 5.88. The number of nitriles is 1. The molecule has 1 saturated heterocycles. The summed E-state index contributed by atoms with van der Waals surface area (Å²) in [4.78, 5) is 12.0. The van der Waals surface area contributed by atoms with E-state index in [0.29, 0.717) is 16.3 Å². The third kappa shape index (κ3) is 3.05. The number of nitrogens with zero attached hydrogens (tertiary/aromatic N) is 2. The molecule has 2 aromatic rings. The maximum absolute atomic E-state index is 13.9. The first kappa shape index (κ1) is 17.2. The van der Waals surface area contributed by atoms with Gasteiger partial charge in [0.2, 0.25) is 5.91 Å². The Morgan fingerprint density at radius 1 is 1.28 bits per heavy atom. The minimum absolute atomic E-state index is 0.0486. The van der Waals surface area contributed by atoms with Crippen molar-refractivity contribution in [3.63, 3.8) is 0 Å². The van der Waals surface area contributed by atoms with Crippen LogP contribution in [-0.4, -0.2) is 23.6 Å². The molecule has 1 heterocycles. The average molecular weight is 347 g/mol. The van der Waals surface area contributed by atoms with E-state index in [0.717, 1.165) is 5.01 Å². The number of fused-ring (bicyclic) bond motifs is 1. The lowest BCUT2D eigenvalue weighted by atomic mass is 9.93. The van der Waals surface area contributed by atoms with Crippen molar-refractivity contribution in [1.82, 2.24) is 10.4 Å².